The van der Waals surface area contributed by atoms with Crippen LogP contribution in [0.15, 0.2) is 85.2 Å². The van der Waals surface area contributed by atoms with E-state index < -0.39 is 0 Å². The zero-order valence-corrected chi connectivity index (χ0v) is 14.3. The molecule has 2 aromatic heterocycles. The lowest BCUT2D eigenvalue weighted by atomic mass is 10.0. The Morgan fingerprint density at radius 1 is 0.885 bits per heavy atom. The van der Waals surface area contributed by atoms with E-state index in [1.807, 2.05) is 65.3 Å². The number of carbonyl (C=O) groups is 1. The summed E-state index contributed by atoms with van der Waals surface area (Å²) in [6.45, 7) is 0.433. The second-order valence-electron chi connectivity index (χ2n) is 6.21. The molecule has 0 unspecified atom stereocenters. The fraction of sp³-hybridized carbons (Fsp3) is 0.0909. The third-order valence-electron chi connectivity index (χ3n) is 4.31. The SMILES string of the molecule is O=C(Cc1ccc(-c2ccccc2)cc1)NCc1cn2ccccc2n1. The summed E-state index contributed by atoms with van der Waals surface area (Å²) in [6.07, 6.45) is 4.24. The van der Waals surface area contributed by atoms with Gasteiger partial charge >= 0.3 is 0 Å². The van der Waals surface area contributed by atoms with E-state index in [2.05, 4.69) is 34.6 Å². The quantitative estimate of drug-likeness (QED) is 0.599. The third-order valence-corrected chi connectivity index (χ3v) is 4.31. The second kappa shape index (κ2) is 7.23. The zero-order chi connectivity index (χ0) is 17.8. The lowest BCUT2D eigenvalue weighted by molar-refractivity contribution is -0.120. The molecule has 4 nitrogen and oxygen atoms in total. The highest BCUT2D eigenvalue weighted by molar-refractivity contribution is 5.78. The van der Waals surface area contributed by atoms with E-state index in [4.69, 9.17) is 0 Å². The molecule has 0 bridgehead atoms. The van der Waals surface area contributed by atoms with Crippen LogP contribution in [0.3, 0.4) is 0 Å². The molecule has 1 amide bonds. The minimum Gasteiger partial charge on any atom is -0.350 e. The first kappa shape index (κ1) is 16.1. The number of rotatable bonds is 5. The molecule has 4 rings (SSSR count). The molecule has 1 N–H and O–H groups in total. The average Bonchev–Trinajstić information content (AvgIpc) is 3.11. The number of hydrogen-bond acceptors (Lipinski definition) is 2. The summed E-state index contributed by atoms with van der Waals surface area (Å²) in [5, 5.41) is 2.94. The summed E-state index contributed by atoms with van der Waals surface area (Å²) >= 11 is 0. The van der Waals surface area contributed by atoms with Gasteiger partial charge in [-0.15, -0.1) is 0 Å². The second-order valence-corrected chi connectivity index (χ2v) is 6.21. The maximum Gasteiger partial charge on any atom is 0.224 e. The fourth-order valence-electron chi connectivity index (χ4n) is 2.96. The number of nitrogens with one attached hydrogen (secondary N) is 1. The summed E-state index contributed by atoms with van der Waals surface area (Å²) in [5.41, 5.74) is 5.06. The fourth-order valence-corrected chi connectivity index (χ4v) is 2.96. The molecule has 2 heterocycles. The maximum absolute atomic E-state index is 12.2. The summed E-state index contributed by atoms with van der Waals surface area (Å²) in [5.74, 6) is -0.00508. The first-order valence-corrected chi connectivity index (χ1v) is 8.61. The molecule has 0 fully saturated rings. The number of aromatic nitrogens is 2. The molecule has 0 aliphatic rings. The molecule has 0 aliphatic heterocycles. The van der Waals surface area contributed by atoms with E-state index in [1.54, 1.807) is 0 Å². The van der Waals surface area contributed by atoms with Crippen LogP contribution in [0.25, 0.3) is 16.8 Å². The molecule has 4 aromatic rings. The Bertz CT molecular complexity index is 987. The molecular formula is C22H19N3O. The van der Waals surface area contributed by atoms with Gasteiger partial charge in [0.2, 0.25) is 5.91 Å². The first-order valence-electron chi connectivity index (χ1n) is 8.61. The minimum absolute atomic E-state index is 0.00508. The highest BCUT2D eigenvalue weighted by Crippen LogP contribution is 2.19. The van der Waals surface area contributed by atoms with Gasteiger partial charge in [0, 0.05) is 12.4 Å². The van der Waals surface area contributed by atoms with Crippen molar-refractivity contribution >= 4 is 11.6 Å². The van der Waals surface area contributed by atoms with Crippen molar-refractivity contribution in [2.75, 3.05) is 0 Å². The van der Waals surface area contributed by atoms with Gasteiger partial charge in [-0.1, -0.05) is 60.7 Å². The number of fused-ring (bicyclic) bond motifs is 1. The third kappa shape index (κ3) is 3.64. The predicted molar refractivity (Wildman–Crippen MR) is 103 cm³/mol. The van der Waals surface area contributed by atoms with Crippen molar-refractivity contribution in [2.45, 2.75) is 13.0 Å². The predicted octanol–water partition coefficient (Wildman–Crippen LogP) is 3.86. The van der Waals surface area contributed by atoms with E-state index in [-0.39, 0.29) is 5.91 Å². The Kier molecular flexibility index (Phi) is 4.48. The molecule has 2 aromatic carbocycles. The van der Waals surface area contributed by atoms with Gasteiger partial charge in [0.15, 0.2) is 0 Å². The van der Waals surface area contributed by atoms with Crippen LogP contribution in [-0.2, 0) is 17.8 Å². The number of hydrogen-bond donors (Lipinski definition) is 1. The summed E-state index contributed by atoms with van der Waals surface area (Å²) in [7, 11) is 0. The number of imidazole rings is 1. The Labute approximate surface area is 152 Å². The smallest absolute Gasteiger partial charge is 0.224 e. The highest BCUT2D eigenvalue weighted by Gasteiger charge is 2.06. The van der Waals surface area contributed by atoms with E-state index in [1.165, 1.54) is 5.56 Å². The first-order chi connectivity index (χ1) is 12.8. The zero-order valence-electron chi connectivity index (χ0n) is 14.3. The lowest BCUT2D eigenvalue weighted by Gasteiger charge is -2.05. The molecule has 0 saturated carbocycles. The van der Waals surface area contributed by atoms with Crippen molar-refractivity contribution in [3.05, 3.63) is 96.4 Å². The number of amides is 1. The summed E-state index contributed by atoms with van der Waals surface area (Å²) in [4.78, 5) is 16.7. The average molecular weight is 341 g/mol. The van der Waals surface area contributed by atoms with Crippen LogP contribution in [0.4, 0.5) is 0 Å². The van der Waals surface area contributed by atoms with Gasteiger partial charge in [0.05, 0.1) is 18.7 Å². The number of benzene rings is 2. The normalized spacial score (nSPS) is 10.8. The Morgan fingerprint density at radius 3 is 2.38 bits per heavy atom. The number of nitrogens with zero attached hydrogens (tertiary/aromatic N) is 2. The van der Waals surface area contributed by atoms with Crippen LogP contribution < -0.4 is 5.32 Å². The molecule has 128 valence electrons. The standard InChI is InChI=1S/C22H19N3O/c26-22(23-15-20-16-25-13-5-4-8-21(25)24-20)14-17-9-11-19(12-10-17)18-6-2-1-3-7-18/h1-13,16H,14-15H2,(H,23,26). The Balaban J connectivity index is 1.35. The van der Waals surface area contributed by atoms with E-state index in [0.29, 0.717) is 13.0 Å². The van der Waals surface area contributed by atoms with Crippen molar-refractivity contribution in [3.8, 4) is 11.1 Å². The van der Waals surface area contributed by atoms with Gasteiger partial charge < -0.3 is 9.72 Å². The van der Waals surface area contributed by atoms with E-state index in [9.17, 15) is 4.79 Å². The van der Waals surface area contributed by atoms with Crippen molar-refractivity contribution in [1.82, 2.24) is 14.7 Å². The van der Waals surface area contributed by atoms with Gasteiger partial charge in [-0.3, -0.25) is 4.79 Å². The molecule has 0 atom stereocenters. The van der Waals surface area contributed by atoms with Gasteiger partial charge in [0.1, 0.15) is 5.65 Å². The molecule has 0 saturated heterocycles. The lowest BCUT2D eigenvalue weighted by Crippen LogP contribution is -2.24. The van der Waals surface area contributed by atoms with Gasteiger partial charge in [-0.05, 0) is 28.8 Å². The molecule has 0 radical (unpaired) electrons. The molecule has 26 heavy (non-hydrogen) atoms. The van der Waals surface area contributed by atoms with E-state index in [0.717, 1.165) is 22.5 Å². The van der Waals surface area contributed by atoms with Crippen molar-refractivity contribution in [2.24, 2.45) is 0 Å². The van der Waals surface area contributed by atoms with Crippen LogP contribution in [-0.4, -0.2) is 15.3 Å². The molecular weight excluding hydrogens is 322 g/mol. The molecule has 0 aliphatic carbocycles. The Hall–Kier alpha value is -3.40. The monoisotopic (exact) mass is 341 g/mol. The minimum atomic E-state index is -0.00508. The van der Waals surface area contributed by atoms with Gasteiger partial charge in [-0.2, -0.15) is 0 Å². The topological polar surface area (TPSA) is 46.4 Å². The van der Waals surface area contributed by atoms with Gasteiger partial charge in [-0.25, -0.2) is 4.98 Å². The van der Waals surface area contributed by atoms with Crippen LogP contribution in [0.1, 0.15) is 11.3 Å². The van der Waals surface area contributed by atoms with Crippen LogP contribution in [0.2, 0.25) is 0 Å². The summed E-state index contributed by atoms with van der Waals surface area (Å²) < 4.78 is 1.95. The molecule has 4 heteroatoms. The number of carbonyl (C=O) groups excluding carboxylic acids is 1. The largest absolute Gasteiger partial charge is 0.350 e. The molecule has 0 spiro atoms. The summed E-state index contributed by atoms with van der Waals surface area (Å²) in [6, 6.07) is 24.2. The highest BCUT2D eigenvalue weighted by atomic mass is 16.1. The van der Waals surface area contributed by atoms with Crippen LogP contribution in [0, 0.1) is 0 Å². The van der Waals surface area contributed by atoms with Crippen molar-refractivity contribution in [3.63, 3.8) is 0 Å². The van der Waals surface area contributed by atoms with E-state index >= 15 is 0 Å². The van der Waals surface area contributed by atoms with Crippen molar-refractivity contribution < 1.29 is 4.79 Å². The van der Waals surface area contributed by atoms with Crippen molar-refractivity contribution in [1.29, 1.82) is 0 Å². The number of pyridine rings is 1. The van der Waals surface area contributed by atoms with Crippen LogP contribution >= 0.6 is 0 Å². The van der Waals surface area contributed by atoms with Crippen LogP contribution in [0.5, 0.6) is 0 Å². The Morgan fingerprint density at radius 2 is 1.62 bits per heavy atom. The maximum atomic E-state index is 12.2. The van der Waals surface area contributed by atoms with Gasteiger partial charge in [0.25, 0.3) is 0 Å².